The van der Waals surface area contributed by atoms with Gasteiger partial charge in [0.25, 0.3) is 0 Å². The van der Waals surface area contributed by atoms with E-state index in [1.54, 1.807) is 0 Å². The predicted molar refractivity (Wildman–Crippen MR) is 332 cm³/mol. The van der Waals surface area contributed by atoms with E-state index in [1.807, 2.05) is 0 Å². The summed E-state index contributed by atoms with van der Waals surface area (Å²) >= 11 is 0. The van der Waals surface area contributed by atoms with E-state index in [4.69, 9.17) is 28.4 Å². The maximum absolute atomic E-state index is 13.3. The number of hydrogen-bond acceptors (Lipinski definition) is 18. The number of aliphatic hydroxyl groups excluding tert-OH is 11. The maximum Gasteiger partial charge on any atom is 0.220 e. The van der Waals surface area contributed by atoms with Crippen LogP contribution in [0.3, 0.4) is 0 Å². The second-order valence-electron chi connectivity index (χ2n) is 22.8. The van der Waals surface area contributed by atoms with E-state index in [9.17, 15) is 61.0 Å². The first-order valence-corrected chi connectivity index (χ1v) is 32.5. The molecule has 17 unspecified atom stereocenters. The SMILES string of the molecule is CC/C=C\C/C=C\C/C=C\C/C=C\C/C=C\C/C=C\C/C=C\C/C=C\CCCCCCCCC(=O)NC(COC1OC(CO)C(OC2OC(CO)C(OC3OC(CO)C(O)C(O)C3O)C(O)C2O)C(O)C1O)C(O)CCCCCCCCCCCC. The van der Waals surface area contributed by atoms with Gasteiger partial charge in [-0.25, -0.2) is 0 Å². The summed E-state index contributed by atoms with van der Waals surface area (Å²) in [4.78, 5) is 13.3. The van der Waals surface area contributed by atoms with Gasteiger partial charge in [0.1, 0.15) is 73.2 Å². The number of rotatable bonds is 47. The zero-order valence-electron chi connectivity index (χ0n) is 51.7. The van der Waals surface area contributed by atoms with Crippen LogP contribution in [0.2, 0.25) is 0 Å². The summed E-state index contributed by atoms with van der Waals surface area (Å²) < 4.78 is 34.3. The van der Waals surface area contributed by atoms with E-state index in [1.165, 1.54) is 38.5 Å². The average molecular weight is 1220 g/mol. The van der Waals surface area contributed by atoms with Crippen LogP contribution in [0.4, 0.5) is 0 Å². The van der Waals surface area contributed by atoms with Crippen molar-refractivity contribution in [3.8, 4) is 0 Å². The molecule has 0 saturated carbocycles. The molecule has 3 heterocycles. The number of carbonyl (C=O) groups excluding carboxylic acids is 1. The van der Waals surface area contributed by atoms with Gasteiger partial charge in [-0.1, -0.05) is 201 Å². The van der Waals surface area contributed by atoms with Crippen LogP contribution in [0.15, 0.2) is 97.2 Å². The van der Waals surface area contributed by atoms with Crippen molar-refractivity contribution >= 4 is 5.91 Å². The van der Waals surface area contributed by atoms with Gasteiger partial charge in [0.2, 0.25) is 5.91 Å². The molecule has 0 bridgehead atoms. The third-order valence-electron chi connectivity index (χ3n) is 15.7. The molecule has 494 valence electrons. The van der Waals surface area contributed by atoms with Gasteiger partial charge in [0.15, 0.2) is 18.9 Å². The van der Waals surface area contributed by atoms with E-state index in [0.717, 1.165) is 116 Å². The van der Waals surface area contributed by atoms with Gasteiger partial charge >= 0.3 is 0 Å². The summed E-state index contributed by atoms with van der Waals surface area (Å²) in [5, 5.41) is 120. The third-order valence-corrected chi connectivity index (χ3v) is 15.7. The van der Waals surface area contributed by atoms with Crippen LogP contribution < -0.4 is 5.32 Å². The minimum absolute atomic E-state index is 0.242. The van der Waals surface area contributed by atoms with Gasteiger partial charge in [-0.15, -0.1) is 0 Å². The second-order valence-corrected chi connectivity index (χ2v) is 22.8. The van der Waals surface area contributed by atoms with Crippen molar-refractivity contribution in [2.24, 2.45) is 0 Å². The molecule has 0 radical (unpaired) electrons. The fourth-order valence-corrected chi connectivity index (χ4v) is 10.4. The standard InChI is InChI=1S/C67H113NO18/c1-3-5-7-9-11-13-15-16-17-18-19-20-21-22-23-24-25-26-27-28-29-30-31-32-33-34-35-37-39-41-43-45-55(73)68-50(51(72)44-42-40-38-36-14-12-10-8-6-4-2)49-81-65-61(79)58(76)63(53(47-70)83-65)86-67-62(80)59(77)64(54(48-71)84-67)85-66-60(78)57(75)56(74)52(46-69)82-66/h5,7,11,13,16-17,19-20,22-23,25-26,28-29,31-32,50-54,56-67,69-72,74-80H,3-4,6,8-10,12,14-15,18,21,24,27,30,33-49H2,1-2H3,(H,68,73)/b7-5-,13-11-,17-16-,20-19-,23-22-,26-25-,29-28-,32-31-. The van der Waals surface area contributed by atoms with E-state index < -0.39 is 124 Å². The monoisotopic (exact) mass is 1220 g/mol. The van der Waals surface area contributed by atoms with Crippen molar-refractivity contribution in [2.45, 2.75) is 291 Å². The lowest BCUT2D eigenvalue weighted by Gasteiger charge is -2.48. The summed E-state index contributed by atoms with van der Waals surface area (Å²) in [5.74, 6) is -0.264. The zero-order valence-corrected chi connectivity index (χ0v) is 51.7. The number of unbranched alkanes of at least 4 members (excludes halogenated alkanes) is 15. The fraction of sp³-hybridized carbons (Fsp3) is 0.746. The topological polar surface area (TPSA) is 307 Å². The molecule has 0 aromatic rings. The Morgan fingerprint density at radius 2 is 0.802 bits per heavy atom. The molecule has 86 heavy (non-hydrogen) atoms. The van der Waals surface area contributed by atoms with Crippen LogP contribution >= 0.6 is 0 Å². The van der Waals surface area contributed by atoms with Crippen molar-refractivity contribution in [3.05, 3.63) is 97.2 Å². The highest BCUT2D eigenvalue weighted by Gasteiger charge is 2.53. The van der Waals surface area contributed by atoms with Crippen molar-refractivity contribution in [1.82, 2.24) is 5.32 Å². The number of carbonyl (C=O) groups is 1. The van der Waals surface area contributed by atoms with Crippen LogP contribution in [-0.2, 0) is 33.2 Å². The largest absolute Gasteiger partial charge is 0.394 e. The van der Waals surface area contributed by atoms with Gasteiger partial charge in [0, 0.05) is 6.42 Å². The Balaban J connectivity index is 1.39. The Labute approximate surface area is 513 Å². The maximum atomic E-state index is 13.3. The quantitative estimate of drug-likeness (QED) is 0.0210. The molecule has 3 rings (SSSR count). The molecule has 17 atom stereocenters. The van der Waals surface area contributed by atoms with Crippen LogP contribution in [0.25, 0.3) is 0 Å². The van der Waals surface area contributed by atoms with Gasteiger partial charge in [0.05, 0.1) is 38.6 Å². The molecule has 0 aliphatic carbocycles. The van der Waals surface area contributed by atoms with Crippen molar-refractivity contribution in [3.63, 3.8) is 0 Å². The summed E-state index contributed by atoms with van der Waals surface area (Å²) in [5.41, 5.74) is 0. The molecule has 0 aromatic carbocycles. The molecule has 3 fully saturated rings. The second kappa shape index (κ2) is 48.5. The molecule has 0 aromatic heterocycles. The minimum Gasteiger partial charge on any atom is -0.394 e. The van der Waals surface area contributed by atoms with Gasteiger partial charge in [-0.05, 0) is 77.0 Å². The van der Waals surface area contributed by atoms with E-state index in [0.29, 0.717) is 12.8 Å². The molecule has 19 nitrogen and oxygen atoms in total. The zero-order chi connectivity index (χ0) is 62.6. The molecular weight excluding hydrogens is 1110 g/mol. The molecule has 19 heteroatoms. The van der Waals surface area contributed by atoms with Crippen LogP contribution in [0.1, 0.15) is 187 Å². The first-order valence-electron chi connectivity index (χ1n) is 32.5. The Kier molecular flexibility index (Phi) is 43.4. The summed E-state index contributed by atoms with van der Waals surface area (Å²) in [7, 11) is 0. The first-order chi connectivity index (χ1) is 41.8. The van der Waals surface area contributed by atoms with Gasteiger partial charge in [-0.3, -0.25) is 4.79 Å². The van der Waals surface area contributed by atoms with Crippen LogP contribution in [0.5, 0.6) is 0 Å². The number of ether oxygens (including phenoxy) is 6. The van der Waals surface area contributed by atoms with Gasteiger partial charge < -0.3 is 89.9 Å². The molecular formula is C67H113NO18. The summed E-state index contributed by atoms with van der Waals surface area (Å²) in [6.07, 6.45) is 35.0. The van der Waals surface area contributed by atoms with Crippen LogP contribution in [0, 0.1) is 0 Å². The Morgan fingerprint density at radius 3 is 1.26 bits per heavy atom. The number of allylic oxidation sites excluding steroid dienone is 16. The minimum atomic E-state index is -1.98. The van der Waals surface area contributed by atoms with E-state index in [2.05, 4.69) is 116 Å². The summed E-state index contributed by atoms with van der Waals surface area (Å²) in [6.45, 7) is 1.62. The number of amides is 1. The number of aliphatic hydroxyl groups is 11. The van der Waals surface area contributed by atoms with Gasteiger partial charge in [-0.2, -0.15) is 0 Å². The lowest BCUT2D eigenvalue weighted by Crippen LogP contribution is -2.66. The third kappa shape index (κ3) is 31.0. The average Bonchev–Trinajstić information content (AvgIpc) is 1.89. The predicted octanol–water partition coefficient (Wildman–Crippen LogP) is 7.32. The lowest BCUT2D eigenvalue weighted by molar-refractivity contribution is -0.379. The lowest BCUT2D eigenvalue weighted by atomic mass is 9.96. The van der Waals surface area contributed by atoms with Crippen LogP contribution in [-0.4, -0.2) is 193 Å². The molecule has 12 N–H and O–H groups in total. The first kappa shape index (κ1) is 77.0. The van der Waals surface area contributed by atoms with Crippen molar-refractivity contribution < 1.29 is 89.4 Å². The Bertz CT molecular complexity index is 1940. The highest BCUT2D eigenvalue weighted by Crippen LogP contribution is 2.33. The fourth-order valence-electron chi connectivity index (χ4n) is 10.4. The van der Waals surface area contributed by atoms with E-state index in [-0.39, 0.29) is 18.9 Å². The summed E-state index contributed by atoms with van der Waals surface area (Å²) in [6, 6.07) is -0.900. The van der Waals surface area contributed by atoms with Crippen molar-refractivity contribution in [2.75, 3.05) is 26.4 Å². The Hall–Kier alpha value is -3.29. The van der Waals surface area contributed by atoms with E-state index >= 15 is 0 Å². The molecule has 3 aliphatic rings. The Morgan fingerprint density at radius 1 is 0.430 bits per heavy atom. The molecule has 1 amide bonds. The molecule has 3 saturated heterocycles. The highest BCUT2D eigenvalue weighted by molar-refractivity contribution is 5.76. The highest BCUT2D eigenvalue weighted by atomic mass is 16.8. The molecule has 3 aliphatic heterocycles. The van der Waals surface area contributed by atoms with Crippen molar-refractivity contribution in [1.29, 1.82) is 0 Å². The molecule has 0 spiro atoms. The normalized spacial score (nSPS) is 29.4. The number of nitrogens with one attached hydrogen (secondary N) is 1. The number of hydrogen-bond donors (Lipinski definition) is 12. The smallest absolute Gasteiger partial charge is 0.220 e.